The maximum atomic E-state index is 12.8. The fourth-order valence-corrected chi connectivity index (χ4v) is 3.69. The third-order valence-electron chi connectivity index (χ3n) is 5.37. The third kappa shape index (κ3) is 4.32. The van der Waals surface area contributed by atoms with Crippen molar-refractivity contribution in [3.8, 4) is 11.5 Å². The van der Waals surface area contributed by atoms with Gasteiger partial charge in [-0.3, -0.25) is 4.79 Å². The van der Waals surface area contributed by atoms with E-state index in [1.165, 1.54) is 0 Å². The number of carbonyl (C=O) groups excluding carboxylic acids is 2. The molecule has 3 aromatic rings. The van der Waals surface area contributed by atoms with Gasteiger partial charge in [0.2, 0.25) is 5.78 Å². The topological polar surface area (TPSA) is 52.6 Å². The first-order chi connectivity index (χ1) is 15.1. The molecule has 4 nitrogen and oxygen atoms in total. The second-order valence-corrected chi connectivity index (χ2v) is 9.21. The van der Waals surface area contributed by atoms with E-state index >= 15 is 0 Å². The van der Waals surface area contributed by atoms with Gasteiger partial charge in [0.1, 0.15) is 11.5 Å². The summed E-state index contributed by atoms with van der Waals surface area (Å²) < 4.78 is 11.5. The molecular weight excluding hydrogens is 424 g/mol. The first-order valence-corrected chi connectivity index (χ1v) is 10.7. The lowest BCUT2D eigenvalue weighted by atomic mass is 9.87. The second-order valence-electron chi connectivity index (χ2n) is 8.78. The van der Waals surface area contributed by atoms with E-state index in [4.69, 9.17) is 21.1 Å². The van der Waals surface area contributed by atoms with Crippen molar-refractivity contribution in [2.45, 2.75) is 33.1 Å². The minimum atomic E-state index is -0.465. The lowest BCUT2D eigenvalue weighted by molar-refractivity contribution is 0.0733. The van der Waals surface area contributed by atoms with Crippen molar-refractivity contribution in [1.82, 2.24) is 0 Å². The van der Waals surface area contributed by atoms with Gasteiger partial charge in [-0.15, -0.1) is 0 Å². The molecule has 32 heavy (non-hydrogen) atoms. The van der Waals surface area contributed by atoms with Gasteiger partial charge >= 0.3 is 5.97 Å². The Hall–Kier alpha value is -3.37. The number of ketones is 1. The number of rotatable bonds is 3. The van der Waals surface area contributed by atoms with Gasteiger partial charge in [-0.2, -0.15) is 0 Å². The number of allylic oxidation sites excluding steroid dienone is 1. The van der Waals surface area contributed by atoms with Crippen LogP contribution in [0.4, 0.5) is 0 Å². The number of esters is 1. The van der Waals surface area contributed by atoms with Crippen molar-refractivity contribution < 1.29 is 19.1 Å². The summed E-state index contributed by atoms with van der Waals surface area (Å²) in [5.74, 6) is 0.264. The zero-order chi connectivity index (χ0) is 23.0. The van der Waals surface area contributed by atoms with Gasteiger partial charge < -0.3 is 9.47 Å². The van der Waals surface area contributed by atoms with Crippen molar-refractivity contribution in [2.75, 3.05) is 0 Å². The Morgan fingerprint density at radius 3 is 2.41 bits per heavy atom. The molecule has 0 fully saturated rings. The molecule has 1 aliphatic rings. The van der Waals surface area contributed by atoms with E-state index in [1.54, 1.807) is 55.5 Å². The van der Waals surface area contributed by atoms with Crippen LogP contribution >= 0.6 is 11.6 Å². The lowest BCUT2D eigenvalue weighted by Gasteiger charge is -2.19. The van der Waals surface area contributed by atoms with Crippen LogP contribution in [0.2, 0.25) is 5.02 Å². The first-order valence-electron chi connectivity index (χ1n) is 10.3. The molecular formula is C27H23ClO4. The third-order valence-corrected chi connectivity index (χ3v) is 5.61. The number of hydrogen-bond acceptors (Lipinski definition) is 4. The van der Waals surface area contributed by atoms with Crippen LogP contribution in [0.5, 0.6) is 11.5 Å². The number of Topliss-reactive ketones (excluding diaryl/α,β-unsaturated/α-hetero) is 1. The van der Waals surface area contributed by atoms with Gasteiger partial charge in [-0.05, 0) is 65.9 Å². The fraction of sp³-hybridized carbons (Fsp3) is 0.185. The summed E-state index contributed by atoms with van der Waals surface area (Å²) in [6.07, 6.45) is 1.65. The average Bonchev–Trinajstić information content (AvgIpc) is 3.06. The summed E-state index contributed by atoms with van der Waals surface area (Å²) in [6.45, 7) is 8.11. The zero-order valence-electron chi connectivity index (χ0n) is 18.4. The molecule has 0 saturated carbocycles. The minimum absolute atomic E-state index is 0.000802. The molecule has 4 rings (SSSR count). The Balaban J connectivity index is 1.57. The summed E-state index contributed by atoms with van der Waals surface area (Å²) in [5, 5.41) is 0.572. The van der Waals surface area contributed by atoms with E-state index in [1.807, 2.05) is 18.2 Å². The maximum Gasteiger partial charge on any atom is 0.343 e. The summed E-state index contributed by atoms with van der Waals surface area (Å²) in [7, 11) is 0. The van der Waals surface area contributed by atoms with Gasteiger partial charge in [0.15, 0.2) is 5.76 Å². The van der Waals surface area contributed by atoms with Crippen LogP contribution in [0.25, 0.3) is 6.08 Å². The van der Waals surface area contributed by atoms with Gasteiger partial charge in [0.25, 0.3) is 0 Å². The molecule has 0 atom stereocenters. The summed E-state index contributed by atoms with van der Waals surface area (Å²) in [6, 6.07) is 17.8. The van der Waals surface area contributed by atoms with Crippen molar-refractivity contribution in [2.24, 2.45) is 0 Å². The van der Waals surface area contributed by atoms with E-state index in [0.29, 0.717) is 33.2 Å². The van der Waals surface area contributed by atoms with Crippen molar-refractivity contribution in [3.05, 3.63) is 99.3 Å². The van der Waals surface area contributed by atoms with E-state index < -0.39 is 5.97 Å². The molecule has 162 valence electrons. The number of hydrogen-bond donors (Lipinski definition) is 0. The number of benzene rings is 3. The van der Waals surface area contributed by atoms with Crippen molar-refractivity contribution >= 4 is 29.4 Å². The highest BCUT2D eigenvalue weighted by atomic mass is 35.5. The summed E-state index contributed by atoms with van der Waals surface area (Å²) in [4.78, 5) is 25.4. The van der Waals surface area contributed by atoms with Crippen molar-refractivity contribution in [3.63, 3.8) is 0 Å². The molecule has 0 bridgehead atoms. The van der Waals surface area contributed by atoms with E-state index in [2.05, 4.69) is 20.8 Å². The Bertz CT molecular complexity index is 1250. The van der Waals surface area contributed by atoms with E-state index in [0.717, 1.165) is 11.1 Å². The molecule has 0 amide bonds. The molecule has 0 spiro atoms. The SMILES string of the molecule is Cc1c(OC(=O)c2ccc(C(C)(C)C)cc2)ccc2c1O/C(=C\c1cccc(Cl)c1)C2=O. The molecule has 0 N–H and O–H groups in total. The van der Waals surface area contributed by atoms with E-state index in [-0.39, 0.29) is 17.0 Å². The number of fused-ring (bicyclic) bond motifs is 1. The molecule has 3 aromatic carbocycles. The maximum absolute atomic E-state index is 12.8. The zero-order valence-corrected chi connectivity index (χ0v) is 19.1. The minimum Gasteiger partial charge on any atom is -0.452 e. The van der Waals surface area contributed by atoms with Gasteiger partial charge in [0.05, 0.1) is 11.1 Å². The van der Waals surface area contributed by atoms with Crippen LogP contribution < -0.4 is 9.47 Å². The molecule has 0 aromatic heterocycles. The molecule has 0 radical (unpaired) electrons. The van der Waals surface area contributed by atoms with Crippen LogP contribution in [-0.2, 0) is 5.41 Å². The van der Waals surface area contributed by atoms with Gasteiger partial charge in [-0.25, -0.2) is 4.79 Å². The Labute approximate surface area is 192 Å². The van der Waals surface area contributed by atoms with Crippen LogP contribution in [0.15, 0.2) is 66.4 Å². The fourth-order valence-electron chi connectivity index (χ4n) is 3.49. The monoisotopic (exact) mass is 446 g/mol. The summed E-state index contributed by atoms with van der Waals surface area (Å²) in [5.41, 5.74) is 3.37. The molecule has 1 heterocycles. The highest BCUT2D eigenvalue weighted by molar-refractivity contribution is 6.30. The van der Waals surface area contributed by atoms with Crippen LogP contribution in [-0.4, -0.2) is 11.8 Å². The van der Waals surface area contributed by atoms with Crippen LogP contribution in [0.3, 0.4) is 0 Å². The first kappa shape index (κ1) is 21.8. The molecule has 5 heteroatoms. The smallest absolute Gasteiger partial charge is 0.343 e. The largest absolute Gasteiger partial charge is 0.452 e. The molecule has 0 aliphatic carbocycles. The molecule has 0 unspecified atom stereocenters. The Kier molecular flexibility index (Phi) is 5.66. The Morgan fingerprint density at radius 1 is 1.03 bits per heavy atom. The van der Waals surface area contributed by atoms with Gasteiger partial charge in [0, 0.05) is 10.6 Å². The standard InChI is InChI=1S/C27H23ClO4/c1-16-22(32-26(30)18-8-10-19(11-9-18)27(2,3)4)13-12-21-24(29)23(31-25(16)21)15-17-6-5-7-20(28)14-17/h5-15H,1-4H3/b23-15-. The summed E-state index contributed by atoms with van der Waals surface area (Å²) >= 11 is 6.03. The highest BCUT2D eigenvalue weighted by Gasteiger charge is 2.30. The average molecular weight is 447 g/mol. The molecule has 0 saturated heterocycles. The Morgan fingerprint density at radius 2 is 1.75 bits per heavy atom. The number of ether oxygens (including phenoxy) is 2. The highest BCUT2D eigenvalue weighted by Crippen LogP contribution is 2.39. The normalized spacial score (nSPS) is 14.3. The van der Waals surface area contributed by atoms with Crippen molar-refractivity contribution in [1.29, 1.82) is 0 Å². The lowest BCUT2D eigenvalue weighted by Crippen LogP contribution is -2.13. The predicted molar refractivity (Wildman–Crippen MR) is 126 cm³/mol. The second kappa shape index (κ2) is 8.29. The number of halogens is 1. The predicted octanol–water partition coefficient (Wildman–Crippen LogP) is 6.78. The number of carbonyl (C=O) groups is 2. The van der Waals surface area contributed by atoms with Crippen LogP contribution in [0, 0.1) is 6.92 Å². The van der Waals surface area contributed by atoms with E-state index in [9.17, 15) is 9.59 Å². The van der Waals surface area contributed by atoms with Crippen LogP contribution in [0.1, 0.15) is 58.2 Å². The molecule has 1 aliphatic heterocycles. The quantitative estimate of drug-likeness (QED) is 0.253. The van der Waals surface area contributed by atoms with Gasteiger partial charge in [-0.1, -0.05) is 56.6 Å².